The Balaban J connectivity index is 2.71. The third kappa shape index (κ3) is 4.12. The van der Waals surface area contributed by atoms with E-state index in [1.807, 2.05) is 0 Å². The van der Waals surface area contributed by atoms with Crippen LogP contribution in [0.15, 0.2) is 18.3 Å². The summed E-state index contributed by atoms with van der Waals surface area (Å²) in [5.41, 5.74) is -1.36. The highest BCUT2D eigenvalue weighted by atomic mass is 19.4. The van der Waals surface area contributed by atoms with Crippen molar-refractivity contribution in [2.24, 2.45) is 0 Å². The third-order valence-corrected chi connectivity index (χ3v) is 3.83. The maximum Gasteiger partial charge on any atom is 0.419 e. The number of carboxylic acid groups (broad SMARTS) is 1. The van der Waals surface area contributed by atoms with Crippen molar-refractivity contribution >= 4 is 12.1 Å². The van der Waals surface area contributed by atoms with E-state index in [-0.39, 0.29) is 17.1 Å². The number of aromatic carboxylic acids is 1. The lowest BCUT2D eigenvalue weighted by molar-refractivity contribution is -0.137. The van der Waals surface area contributed by atoms with Gasteiger partial charge in [0.05, 0.1) is 17.0 Å². The average molecular weight is 384 g/mol. The van der Waals surface area contributed by atoms with Gasteiger partial charge in [0, 0.05) is 6.20 Å². The van der Waals surface area contributed by atoms with Crippen molar-refractivity contribution in [3.05, 3.63) is 40.7 Å². The number of rotatable bonds is 2. The highest BCUT2D eigenvalue weighted by molar-refractivity contribution is 5.96. The van der Waals surface area contributed by atoms with Crippen molar-refractivity contribution in [3.63, 3.8) is 0 Å². The minimum atomic E-state index is -4.56. The fraction of sp³-hybridized carbons (Fsp3) is 0.389. The normalized spacial score (nSPS) is 12.1. The summed E-state index contributed by atoms with van der Waals surface area (Å²) in [5, 5.41) is 9.53. The number of carbonyl (C=O) groups excluding carboxylic acids is 1. The zero-order valence-corrected chi connectivity index (χ0v) is 15.4. The Bertz CT molecular complexity index is 891. The Kier molecular flexibility index (Phi) is 5.09. The van der Waals surface area contributed by atoms with Gasteiger partial charge in [-0.3, -0.25) is 4.98 Å². The predicted octanol–water partition coefficient (Wildman–Crippen LogP) is 4.67. The lowest BCUT2D eigenvalue weighted by atomic mass is 10.1. The molecule has 0 spiro atoms. The summed E-state index contributed by atoms with van der Waals surface area (Å²) in [7, 11) is 0. The van der Waals surface area contributed by atoms with Crippen LogP contribution in [0.3, 0.4) is 0 Å². The van der Waals surface area contributed by atoms with Gasteiger partial charge in [-0.25, -0.2) is 14.2 Å². The van der Waals surface area contributed by atoms with E-state index in [0.717, 1.165) is 16.7 Å². The van der Waals surface area contributed by atoms with E-state index < -0.39 is 29.4 Å². The molecule has 0 atom stereocenters. The standard InChI is InChI=1S/C18H19F3N2O4/c1-9-10(2)14(15(24)25)23(16(26)27-17(3,4)5)13(9)12-7-6-11(8-22-12)18(19,20)21/h6-8H,1-5H3,(H,24,25). The van der Waals surface area contributed by atoms with Crippen molar-refractivity contribution < 1.29 is 32.6 Å². The Labute approximate surface area is 153 Å². The van der Waals surface area contributed by atoms with E-state index in [0.29, 0.717) is 17.3 Å². The molecular weight excluding hydrogens is 365 g/mol. The first-order valence-corrected chi connectivity index (χ1v) is 7.96. The van der Waals surface area contributed by atoms with Crippen LogP contribution in [0, 0.1) is 13.8 Å². The highest BCUT2D eigenvalue weighted by Gasteiger charge is 2.33. The lowest BCUT2D eigenvalue weighted by Gasteiger charge is -2.21. The molecular formula is C18H19F3N2O4. The Morgan fingerprint density at radius 3 is 2.11 bits per heavy atom. The summed E-state index contributed by atoms with van der Waals surface area (Å²) >= 11 is 0. The average Bonchev–Trinajstić information content (AvgIpc) is 2.77. The van der Waals surface area contributed by atoms with Gasteiger partial charge >= 0.3 is 18.2 Å². The van der Waals surface area contributed by atoms with Crippen molar-refractivity contribution in [3.8, 4) is 11.4 Å². The Morgan fingerprint density at radius 2 is 1.70 bits per heavy atom. The van der Waals surface area contributed by atoms with Gasteiger partial charge in [0.15, 0.2) is 0 Å². The molecule has 0 amide bonds. The maximum absolute atomic E-state index is 12.8. The second kappa shape index (κ2) is 6.71. The fourth-order valence-electron chi connectivity index (χ4n) is 2.56. The Morgan fingerprint density at radius 1 is 1.11 bits per heavy atom. The lowest BCUT2D eigenvalue weighted by Crippen LogP contribution is -2.29. The van der Waals surface area contributed by atoms with E-state index in [4.69, 9.17) is 4.74 Å². The summed E-state index contributed by atoms with van der Waals surface area (Å²) in [6, 6.07) is 1.92. The van der Waals surface area contributed by atoms with Crippen LogP contribution in [0.1, 0.15) is 48.0 Å². The van der Waals surface area contributed by atoms with Gasteiger partial charge in [0.1, 0.15) is 11.3 Å². The van der Waals surface area contributed by atoms with Gasteiger partial charge in [-0.15, -0.1) is 0 Å². The zero-order valence-electron chi connectivity index (χ0n) is 15.4. The number of halogens is 3. The molecule has 2 heterocycles. The second-order valence-electron chi connectivity index (χ2n) is 7.00. The van der Waals surface area contributed by atoms with Crippen LogP contribution in [0.25, 0.3) is 11.4 Å². The highest BCUT2D eigenvalue weighted by Crippen LogP contribution is 2.33. The smallest absolute Gasteiger partial charge is 0.419 e. The zero-order chi connectivity index (χ0) is 20.7. The predicted molar refractivity (Wildman–Crippen MR) is 90.7 cm³/mol. The molecule has 0 unspecified atom stereocenters. The van der Waals surface area contributed by atoms with Crippen molar-refractivity contribution in [2.75, 3.05) is 0 Å². The maximum atomic E-state index is 12.8. The van der Waals surface area contributed by atoms with E-state index in [1.54, 1.807) is 27.7 Å². The van der Waals surface area contributed by atoms with Crippen LogP contribution >= 0.6 is 0 Å². The molecule has 2 rings (SSSR count). The first-order chi connectivity index (χ1) is 12.2. The number of aromatic nitrogens is 2. The SMILES string of the molecule is Cc1c(C)c(-c2ccc(C(F)(F)F)cn2)n(C(=O)OC(C)(C)C)c1C(=O)O. The van der Waals surface area contributed by atoms with Gasteiger partial charge < -0.3 is 9.84 Å². The third-order valence-electron chi connectivity index (χ3n) is 3.83. The van der Waals surface area contributed by atoms with Crippen LogP contribution in [-0.2, 0) is 10.9 Å². The van der Waals surface area contributed by atoms with Gasteiger partial charge in [-0.1, -0.05) is 0 Å². The van der Waals surface area contributed by atoms with E-state index in [1.165, 1.54) is 6.92 Å². The number of carboxylic acids is 1. The molecule has 0 aliphatic heterocycles. The van der Waals surface area contributed by atoms with Gasteiger partial charge in [0.25, 0.3) is 0 Å². The number of alkyl halides is 3. The second-order valence-corrected chi connectivity index (χ2v) is 7.00. The van der Waals surface area contributed by atoms with E-state index in [9.17, 15) is 27.9 Å². The van der Waals surface area contributed by atoms with E-state index >= 15 is 0 Å². The minimum absolute atomic E-state index is 0.0296. The summed E-state index contributed by atoms with van der Waals surface area (Å²) in [5.74, 6) is -1.36. The molecule has 0 fully saturated rings. The minimum Gasteiger partial charge on any atom is -0.477 e. The van der Waals surface area contributed by atoms with Gasteiger partial charge in [-0.2, -0.15) is 13.2 Å². The van der Waals surface area contributed by atoms with E-state index in [2.05, 4.69) is 4.98 Å². The summed E-state index contributed by atoms with van der Waals surface area (Å²) in [6.07, 6.45) is -4.87. The molecule has 146 valence electrons. The molecule has 0 saturated heterocycles. The molecule has 0 saturated carbocycles. The summed E-state index contributed by atoms with van der Waals surface area (Å²) in [4.78, 5) is 28.1. The van der Waals surface area contributed by atoms with Gasteiger partial charge in [0.2, 0.25) is 0 Å². The van der Waals surface area contributed by atoms with Crippen molar-refractivity contribution in [2.45, 2.75) is 46.4 Å². The summed E-state index contributed by atoms with van der Waals surface area (Å²) in [6.45, 7) is 7.92. The van der Waals surface area contributed by atoms with Crippen molar-refractivity contribution in [1.82, 2.24) is 9.55 Å². The number of carbonyl (C=O) groups is 2. The largest absolute Gasteiger partial charge is 0.477 e. The molecule has 0 aliphatic rings. The molecule has 2 aromatic rings. The molecule has 0 aliphatic carbocycles. The van der Waals surface area contributed by atoms with Gasteiger partial charge in [-0.05, 0) is 57.9 Å². The van der Waals surface area contributed by atoms with Crippen LogP contribution in [-0.4, -0.2) is 32.3 Å². The Hall–Kier alpha value is -2.84. The molecule has 0 aromatic carbocycles. The molecule has 6 nitrogen and oxygen atoms in total. The molecule has 2 aromatic heterocycles. The number of hydrogen-bond donors (Lipinski definition) is 1. The summed E-state index contributed by atoms with van der Waals surface area (Å²) < 4.78 is 44.4. The van der Waals surface area contributed by atoms with Crippen molar-refractivity contribution in [1.29, 1.82) is 0 Å². The van der Waals surface area contributed by atoms with Crippen LogP contribution < -0.4 is 0 Å². The molecule has 9 heteroatoms. The fourth-order valence-corrected chi connectivity index (χ4v) is 2.56. The molecule has 27 heavy (non-hydrogen) atoms. The quantitative estimate of drug-likeness (QED) is 0.814. The number of nitrogens with zero attached hydrogens (tertiary/aromatic N) is 2. The number of hydrogen-bond acceptors (Lipinski definition) is 4. The van der Waals surface area contributed by atoms with Crippen LogP contribution in [0.4, 0.5) is 18.0 Å². The monoisotopic (exact) mass is 384 g/mol. The molecule has 1 N–H and O–H groups in total. The van der Waals surface area contributed by atoms with Crippen LogP contribution in [0.2, 0.25) is 0 Å². The number of pyridine rings is 1. The number of ether oxygens (including phenoxy) is 1. The first-order valence-electron chi connectivity index (χ1n) is 7.96. The van der Waals surface area contributed by atoms with Crippen LogP contribution in [0.5, 0.6) is 0 Å². The topological polar surface area (TPSA) is 81.4 Å². The molecule has 0 radical (unpaired) electrons. The first kappa shape index (κ1) is 20.5. The molecule has 0 bridgehead atoms.